The van der Waals surface area contributed by atoms with Gasteiger partial charge in [-0.3, -0.25) is 4.79 Å². The van der Waals surface area contributed by atoms with Gasteiger partial charge in [0, 0.05) is 10.6 Å². The first-order valence-electron chi connectivity index (χ1n) is 4.86. The molecule has 2 aromatic rings. The van der Waals surface area contributed by atoms with Gasteiger partial charge in [-0.05, 0) is 46.7 Å². The minimum absolute atomic E-state index is 0.149. The average Bonchev–Trinajstić information content (AvgIpc) is 2.82. The number of hydrogen-bond donors (Lipinski definition) is 0. The Bertz CT molecular complexity index is 559. The van der Waals surface area contributed by atoms with Crippen molar-refractivity contribution in [3.05, 3.63) is 62.3 Å². The molecule has 0 aliphatic heterocycles. The van der Waals surface area contributed by atoms with E-state index in [0.29, 0.717) is 15.6 Å². The number of thiophene rings is 1. The zero-order valence-electron chi connectivity index (χ0n) is 8.69. The summed E-state index contributed by atoms with van der Waals surface area (Å²) in [5, 5.41) is 4.83. The molecule has 0 aliphatic rings. The molecular formula is C13H8Cl2OS. The van der Waals surface area contributed by atoms with Gasteiger partial charge in [0.1, 0.15) is 0 Å². The van der Waals surface area contributed by atoms with E-state index >= 15 is 0 Å². The van der Waals surface area contributed by atoms with Crippen LogP contribution < -0.4 is 0 Å². The number of ketones is 1. The lowest BCUT2D eigenvalue weighted by atomic mass is 10.1. The number of allylic oxidation sites excluding steroid dienone is 1. The van der Waals surface area contributed by atoms with Gasteiger partial charge < -0.3 is 0 Å². The number of hydrogen-bond acceptors (Lipinski definition) is 2. The van der Waals surface area contributed by atoms with Gasteiger partial charge >= 0.3 is 0 Å². The molecule has 0 atom stereocenters. The van der Waals surface area contributed by atoms with Gasteiger partial charge in [-0.25, -0.2) is 0 Å². The zero-order valence-corrected chi connectivity index (χ0v) is 11.0. The Morgan fingerprint density at radius 1 is 1.24 bits per heavy atom. The van der Waals surface area contributed by atoms with Gasteiger partial charge in [0.2, 0.25) is 0 Å². The van der Waals surface area contributed by atoms with Crippen molar-refractivity contribution in [2.45, 2.75) is 0 Å². The SMILES string of the molecule is O=C(/C=C/c1ccsc1)c1cc(Cl)ccc1Cl. The van der Waals surface area contributed by atoms with E-state index < -0.39 is 0 Å². The second-order valence-corrected chi connectivity index (χ2v) is 5.00. The van der Waals surface area contributed by atoms with Crippen molar-refractivity contribution in [1.82, 2.24) is 0 Å². The molecule has 1 aromatic carbocycles. The summed E-state index contributed by atoms with van der Waals surface area (Å²) in [6.07, 6.45) is 3.26. The molecule has 0 spiro atoms. The highest BCUT2D eigenvalue weighted by molar-refractivity contribution is 7.08. The molecule has 86 valence electrons. The number of halogens is 2. The Morgan fingerprint density at radius 3 is 2.76 bits per heavy atom. The van der Waals surface area contributed by atoms with Gasteiger partial charge in [-0.15, -0.1) is 0 Å². The van der Waals surface area contributed by atoms with Crippen LogP contribution in [-0.4, -0.2) is 5.78 Å². The Labute approximate surface area is 113 Å². The molecule has 0 fully saturated rings. The monoisotopic (exact) mass is 282 g/mol. The number of rotatable bonds is 3. The van der Waals surface area contributed by atoms with Gasteiger partial charge in [-0.1, -0.05) is 29.3 Å². The zero-order chi connectivity index (χ0) is 12.3. The third-order valence-corrected chi connectivity index (χ3v) is 3.43. The van der Waals surface area contributed by atoms with Gasteiger partial charge in [0.05, 0.1) is 5.02 Å². The third-order valence-electron chi connectivity index (χ3n) is 2.16. The minimum atomic E-state index is -0.149. The van der Waals surface area contributed by atoms with Gasteiger partial charge in [0.15, 0.2) is 5.78 Å². The molecule has 0 saturated heterocycles. The predicted molar refractivity (Wildman–Crippen MR) is 74.1 cm³/mol. The summed E-state index contributed by atoms with van der Waals surface area (Å²) in [6.45, 7) is 0. The van der Waals surface area contributed by atoms with Crippen LogP contribution in [0.5, 0.6) is 0 Å². The second kappa shape index (κ2) is 5.50. The van der Waals surface area contributed by atoms with Crippen molar-refractivity contribution in [3.8, 4) is 0 Å². The van der Waals surface area contributed by atoms with Crippen LogP contribution in [0.1, 0.15) is 15.9 Å². The molecule has 1 aromatic heterocycles. The highest BCUT2D eigenvalue weighted by Gasteiger charge is 2.07. The van der Waals surface area contributed by atoms with Crippen molar-refractivity contribution >= 4 is 46.4 Å². The first-order chi connectivity index (χ1) is 8.16. The maximum Gasteiger partial charge on any atom is 0.187 e. The summed E-state index contributed by atoms with van der Waals surface area (Å²) in [7, 11) is 0. The Balaban J connectivity index is 2.23. The summed E-state index contributed by atoms with van der Waals surface area (Å²) in [5.74, 6) is -0.149. The molecule has 17 heavy (non-hydrogen) atoms. The molecule has 0 bridgehead atoms. The lowest BCUT2D eigenvalue weighted by Crippen LogP contribution is -1.95. The molecule has 0 unspecified atom stereocenters. The summed E-state index contributed by atoms with van der Waals surface area (Å²) in [5.41, 5.74) is 1.42. The van der Waals surface area contributed by atoms with Crippen LogP contribution >= 0.6 is 34.5 Å². The van der Waals surface area contributed by atoms with E-state index in [9.17, 15) is 4.79 Å². The topological polar surface area (TPSA) is 17.1 Å². The molecule has 0 amide bonds. The standard InChI is InChI=1S/C13H8Cl2OS/c14-10-2-3-12(15)11(7-10)13(16)4-1-9-5-6-17-8-9/h1-8H/b4-1+. The molecular weight excluding hydrogens is 275 g/mol. The van der Waals surface area contributed by atoms with Gasteiger partial charge in [0.25, 0.3) is 0 Å². The summed E-state index contributed by atoms with van der Waals surface area (Å²) in [4.78, 5) is 11.9. The highest BCUT2D eigenvalue weighted by atomic mass is 35.5. The molecule has 0 N–H and O–H groups in total. The largest absolute Gasteiger partial charge is 0.289 e. The van der Waals surface area contributed by atoms with E-state index in [2.05, 4.69) is 0 Å². The average molecular weight is 283 g/mol. The first-order valence-corrected chi connectivity index (χ1v) is 6.56. The van der Waals surface area contributed by atoms with Crippen molar-refractivity contribution in [2.75, 3.05) is 0 Å². The Morgan fingerprint density at radius 2 is 2.06 bits per heavy atom. The van der Waals surface area contributed by atoms with E-state index in [0.717, 1.165) is 5.56 Å². The van der Waals surface area contributed by atoms with E-state index in [1.54, 1.807) is 35.6 Å². The second-order valence-electron chi connectivity index (χ2n) is 3.38. The third kappa shape index (κ3) is 3.19. The summed E-state index contributed by atoms with van der Waals surface area (Å²) < 4.78 is 0. The molecule has 0 aliphatic carbocycles. The van der Waals surface area contributed by atoms with Crippen LogP contribution in [0, 0.1) is 0 Å². The van der Waals surface area contributed by atoms with E-state index in [1.807, 2.05) is 16.8 Å². The van der Waals surface area contributed by atoms with Crippen molar-refractivity contribution in [2.24, 2.45) is 0 Å². The maximum absolute atomic E-state index is 11.9. The van der Waals surface area contributed by atoms with E-state index in [1.165, 1.54) is 6.08 Å². The van der Waals surface area contributed by atoms with Crippen LogP contribution in [0.15, 0.2) is 41.1 Å². The fraction of sp³-hybridized carbons (Fsp3) is 0. The lowest BCUT2D eigenvalue weighted by molar-refractivity contribution is 0.104. The number of carbonyl (C=O) groups excluding carboxylic acids is 1. The number of benzene rings is 1. The van der Waals surface area contributed by atoms with Gasteiger partial charge in [-0.2, -0.15) is 11.3 Å². The van der Waals surface area contributed by atoms with Crippen LogP contribution in [0.4, 0.5) is 0 Å². The fourth-order valence-corrected chi connectivity index (χ4v) is 2.33. The Kier molecular flexibility index (Phi) is 4.00. The van der Waals surface area contributed by atoms with Crippen molar-refractivity contribution in [3.63, 3.8) is 0 Å². The lowest BCUT2D eigenvalue weighted by Gasteiger charge is -2.00. The van der Waals surface area contributed by atoms with Crippen LogP contribution in [0.25, 0.3) is 6.08 Å². The van der Waals surface area contributed by atoms with Crippen LogP contribution in [0.3, 0.4) is 0 Å². The predicted octanol–water partition coefficient (Wildman–Crippen LogP) is 4.95. The van der Waals surface area contributed by atoms with E-state index in [4.69, 9.17) is 23.2 Å². The highest BCUT2D eigenvalue weighted by Crippen LogP contribution is 2.21. The maximum atomic E-state index is 11.9. The normalized spacial score (nSPS) is 10.9. The summed E-state index contributed by atoms with van der Waals surface area (Å²) in [6, 6.07) is 6.79. The number of carbonyl (C=O) groups is 1. The minimum Gasteiger partial charge on any atom is -0.289 e. The molecule has 2 rings (SSSR count). The molecule has 4 heteroatoms. The quantitative estimate of drug-likeness (QED) is 0.575. The molecule has 0 radical (unpaired) electrons. The van der Waals surface area contributed by atoms with Crippen LogP contribution in [-0.2, 0) is 0 Å². The van der Waals surface area contributed by atoms with Crippen molar-refractivity contribution < 1.29 is 4.79 Å². The molecule has 1 nitrogen and oxygen atoms in total. The van der Waals surface area contributed by atoms with Crippen LogP contribution in [0.2, 0.25) is 10.0 Å². The first kappa shape index (κ1) is 12.4. The fourth-order valence-electron chi connectivity index (χ4n) is 1.32. The molecule has 0 saturated carbocycles. The smallest absolute Gasteiger partial charge is 0.187 e. The summed E-state index contributed by atoms with van der Waals surface area (Å²) >= 11 is 13.4. The van der Waals surface area contributed by atoms with Crippen molar-refractivity contribution in [1.29, 1.82) is 0 Å². The molecule has 1 heterocycles. The Hall–Kier alpha value is -1.09. The van der Waals surface area contributed by atoms with E-state index in [-0.39, 0.29) is 5.78 Å².